The molecule has 1 N–H and O–H groups in total. The van der Waals surface area contributed by atoms with Crippen molar-refractivity contribution in [2.24, 2.45) is 0 Å². The molecule has 0 saturated heterocycles. The summed E-state index contributed by atoms with van der Waals surface area (Å²) in [6.07, 6.45) is 3.09. The van der Waals surface area contributed by atoms with E-state index in [1.807, 2.05) is 0 Å². The molecule has 0 atom stereocenters. The van der Waals surface area contributed by atoms with E-state index in [1.54, 1.807) is 49.6 Å². The molecular formula is C17H14ClNO4. The second kappa shape index (κ2) is 6.62. The summed E-state index contributed by atoms with van der Waals surface area (Å²) in [5.74, 6) is 1.59. The highest BCUT2D eigenvalue weighted by Crippen LogP contribution is 2.40. The molecular weight excluding hydrogens is 318 g/mol. The van der Waals surface area contributed by atoms with Crippen molar-refractivity contribution >= 4 is 29.3 Å². The van der Waals surface area contributed by atoms with Crippen molar-refractivity contribution in [3.05, 3.63) is 53.1 Å². The smallest absolute Gasteiger partial charge is 0.248 e. The Hall–Kier alpha value is -2.66. The van der Waals surface area contributed by atoms with E-state index in [-0.39, 0.29) is 12.7 Å². The Labute approximate surface area is 138 Å². The van der Waals surface area contributed by atoms with Crippen LogP contribution < -0.4 is 19.5 Å². The largest absolute Gasteiger partial charge is 0.497 e. The number of methoxy groups -OCH3 is 1. The maximum atomic E-state index is 11.9. The van der Waals surface area contributed by atoms with Crippen molar-refractivity contribution in [3.8, 4) is 17.2 Å². The summed E-state index contributed by atoms with van der Waals surface area (Å²) in [5, 5.41) is 3.21. The van der Waals surface area contributed by atoms with E-state index >= 15 is 0 Å². The molecule has 1 aliphatic rings. The molecule has 1 aliphatic heterocycles. The monoisotopic (exact) mass is 331 g/mol. The van der Waals surface area contributed by atoms with Gasteiger partial charge in [-0.05, 0) is 48.0 Å². The first kappa shape index (κ1) is 15.2. The number of carbonyl (C=O) groups excluding carboxylic acids is 1. The van der Waals surface area contributed by atoms with Crippen LogP contribution >= 0.6 is 11.6 Å². The molecule has 23 heavy (non-hydrogen) atoms. The first-order valence-electron chi connectivity index (χ1n) is 6.88. The van der Waals surface area contributed by atoms with Crippen LogP contribution in [-0.2, 0) is 4.79 Å². The lowest BCUT2D eigenvalue weighted by molar-refractivity contribution is -0.111. The number of halogens is 1. The second-order valence-corrected chi connectivity index (χ2v) is 5.19. The van der Waals surface area contributed by atoms with Crippen LogP contribution in [0.5, 0.6) is 17.2 Å². The maximum Gasteiger partial charge on any atom is 0.248 e. The van der Waals surface area contributed by atoms with E-state index < -0.39 is 0 Å². The second-order valence-electron chi connectivity index (χ2n) is 4.79. The SMILES string of the molecule is COc1ccc(NC(=O)/C=C/c2cc(Cl)c3c(c2)OCO3)cc1. The van der Waals surface area contributed by atoms with Gasteiger partial charge in [0.05, 0.1) is 12.1 Å². The highest BCUT2D eigenvalue weighted by Gasteiger charge is 2.17. The van der Waals surface area contributed by atoms with Gasteiger partial charge >= 0.3 is 0 Å². The molecule has 0 saturated carbocycles. The summed E-state index contributed by atoms with van der Waals surface area (Å²) in [4.78, 5) is 11.9. The summed E-state index contributed by atoms with van der Waals surface area (Å²) in [6.45, 7) is 0.153. The number of rotatable bonds is 4. The lowest BCUT2D eigenvalue weighted by Crippen LogP contribution is -2.07. The van der Waals surface area contributed by atoms with Gasteiger partial charge in [0.1, 0.15) is 5.75 Å². The Kier molecular flexibility index (Phi) is 4.39. The number of fused-ring (bicyclic) bond motifs is 1. The number of hydrogen-bond donors (Lipinski definition) is 1. The molecule has 2 aromatic rings. The molecule has 5 nitrogen and oxygen atoms in total. The molecule has 2 aromatic carbocycles. The fraction of sp³-hybridized carbons (Fsp3) is 0.118. The molecule has 0 bridgehead atoms. The zero-order valence-electron chi connectivity index (χ0n) is 12.3. The lowest BCUT2D eigenvalue weighted by Gasteiger charge is -2.04. The number of nitrogens with one attached hydrogen (secondary N) is 1. The topological polar surface area (TPSA) is 56.8 Å². The summed E-state index contributed by atoms with van der Waals surface area (Å²) >= 11 is 6.10. The Balaban J connectivity index is 1.67. The van der Waals surface area contributed by atoms with E-state index in [0.717, 1.165) is 11.3 Å². The molecule has 118 valence electrons. The van der Waals surface area contributed by atoms with Gasteiger partial charge in [0, 0.05) is 11.8 Å². The van der Waals surface area contributed by atoms with Gasteiger partial charge < -0.3 is 19.5 Å². The molecule has 6 heteroatoms. The first-order chi connectivity index (χ1) is 11.2. The number of anilines is 1. The van der Waals surface area contributed by atoms with Crippen LogP contribution in [0.3, 0.4) is 0 Å². The van der Waals surface area contributed by atoms with Crippen LogP contribution in [0.15, 0.2) is 42.5 Å². The number of hydrogen-bond acceptors (Lipinski definition) is 4. The Bertz CT molecular complexity index is 756. The van der Waals surface area contributed by atoms with Crippen molar-refractivity contribution in [3.63, 3.8) is 0 Å². The van der Waals surface area contributed by atoms with Crippen LogP contribution in [-0.4, -0.2) is 19.8 Å². The summed E-state index contributed by atoms with van der Waals surface area (Å²) < 4.78 is 15.6. The fourth-order valence-electron chi connectivity index (χ4n) is 2.11. The third-order valence-corrected chi connectivity index (χ3v) is 3.52. The van der Waals surface area contributed by atoms with Gasteiger partial charge in [0.2, 0.25) is 12.7 Å². The predicted molar refractivity (Wildman–Crippen MR) is 88.2 cm³/mol. The van der Waals surface area contributed by atoms with Gasteiger partial charge in [0.25, 0.3) is 0 Å². The van der Waals surface area contributed by atoms with Crippen LogP contribution in [0.1, 0.15) is 5.56 Å². The number of amides is 1. The van der Waals surface area contributed by atoms with Crippen LogP contribution in [0, 0.1) is 0 Å². The van der Waals surface area contributed by atoms with Gasteiger partial charge in [-0.1, -0.05) is 11.6 Å². The Morgan fingerprint density at radius 1 is 1.26 bits per heavy atom. The molecule has 0 radical (unpaired) electrons. The Morgan fingerprint density at radius 2 is 2.04 bits per heavy atom. The minimum atomic E-state index is -0.246. The van der Waals surface area contributed by atoms with Gasteiger partial charge in [-0.25, -0.2) is 0 Å². The molecule has 0 unspecified atom stereocenters. The fourth-order valence-corrected chi connectivity index (χ4v) is 2.39. The zero-order chi connectivity index (χ0) is 16.2. The molecule has 1 heterocycles. The van der Waals surface area contributed by atoms with Gasteiger partial charge in [-0.15, -0.1) is 0 Å². The van der Waals surface area contributed by atoms with Gasteiger partial charge in [-0.2, -0.15) is 0 Å². The Morgan fingerprint density at radius 3 is 2.78 bits per heavy atom. The standard InChI is InChI=1S/C17H14ClNO4/c1-21-13-5-3-12(4-6-13)19-16(20)7-2-11-8-14(18)17-15(9-11)22-10-23-17/h2-9H,10H2,1H3,(H,19,20)/b7-2+. The highest BCUT2D eigenvalue weighted by atomic mass is 35.5. The summed E-state index contributed by atoms with van der Waals surface area (Å²) in [7, 11) is 1.59. The molecule has 1 amide bonds. The lowest BCUT2D eigenvalue weighted by atomic mass is 10.2. The van der Waals surface area contributed by atoms with Crippen molar-refractivity contribution < 1.29 is 19.0 Å². The van der Waals surface area contributed by atoms with Gasteiger partial charge in [-0.3, -0.25) is 4.79 Å². The molecule has 0 aromatic heterocycles. The predicted octanol–water partition coefficient (Wildman–Crippen LogP) is 3.73. The molecule has 0 aliphatic carbocycles. The van der Waals surface area contributed by atoms with Crippen LogP contribution in [0.25, 0.3) is 6.08 Å². The maximum absolute atomic E-state index is 11.9. The van der Waals surface area contributed by atoms with Crippen molar-refractivity contribution in [2.75, 3.05) is 19.2 Å². The average molecular weight is 332 g/mol. The van der Waals surface area contributed by atoms with Crippen molar-refractivity contribution in [1.82, 2.24) is 0 Å². The van der Waals surface area contributed by atoms with E-state index in [9.17, 15) is 4.79 Å². The highest BCUT2D eigenvalue weighted by molar-refractivity contribution is 6.32. The third-order valence-electron chi connectivity index (χ3n) is 3.23. The molecule has 3 rings (SSSR count). The molecule has 0 fully saturated rings. The van der Waals surface area contributed by atoms with Gasteiger partial charge in [0.15, 0.2) is 11.5 Å². The number of benzene rings is 2. The number of carbonyl (C=O) groups is 1. The van der Waals surface area contributed by atoms with Crippen molar-refractivity contribution in [2.45, 2.75) is 0 Å². The molecule has 0 spiro atoms. The summed E-state index contributed by atoms with van der Waals surface area (Å²) in [6, 6.07) is 10.6. The normalized spacial score (nSPS) is 12.4. The van der Waals surface area contributed by atoms with Crippen LogP contribution in [0.2, 0.25) is 5.02 Å². The van der Waals surface area contributed by atoms with Crippen molar-refractivity contribution in [1.29, 1.82) is 0 Å². The first-order valence-corrected chi connectivity index (χ1v) is 7.26. The van der Waals surface area contributed by atoms with Crippen LogP contribution in [0.4, 0.5) is 5.69 Å². The average Bonchev–Trinajstić information content (AvgIpc) is 3.03. The minimum absolute atomic E-state index is 0.153. The van der Waals surface area contributed by atoms with E-state index in [4.69, 9.17) is 25.8 Å². The third kappa shape index (κ3) is 3.57. The quantitative estimate of drug-likeness (QED) is 0.867. The summed E-state index contributed by atoms with van der Waals surface area (Å²) in [5.41, 5.74) is 1.44. The van der Waals surface area contributed by atoms with E-state index in [1.165, 1.54) is 6.08 Å². The number of ether oxygens (including phenoxy) is 3. The van der Waals surface area contributed by atoms with E-state index in [2.05, 4.69) is 5.32 Å². The van der Waals surface area contributed by atoms with E-state index in [0.29, 0.717) is 22.2 Å². The zero-order valence-corrected chi connectivity index (χ0v) is 13.1. The minimum Gasteiger partial charge on any atom is -0.497 e.